The number of para-hydroxylation sites is 1. The number of nitrogens with zero attached hydrogens (tertiary/aromatic N) is 2. The summed E-state index contributed by atoms with van der Waals surface area (Å²) in [4.78, 5) is 33.4. The molecule has 2 aromatic carbocycles. The third-order valence-corrected chi connectivity index (χ3v) is 7.60. The van der Waals surface area contributed by atoms with E-state index in [1.807, 2.05) is 40.1 Å². The number of aromatic nitrogens is 1. The van der Waals surface area contributed by atoms with Crippen LogP contribution in [0.4, 0.5) is 0 Å². The maximum atomic E-state index is 13.3. The highest BCUT2D eigenvalue weighted by Gasteiger charge is 2.32. The number of piperidine rings is 1. The lowest BCUT2D eigenvalue weighted by Gasteiger charge is -2.35. The van der Waals surface area contributed by atoms with Crippen LogP contribution in [0.2, 0.25) is 0 Å². The first-order chi connectivity index (χ1) is 15.6. The zero-order valence-corrected chi connectivity index (χ0v) is 19.7. The highest BCUT2D eigenvalue weighted by atomic mass is 79.9. The molecule has 0 aliphatic carbocycles. The lowest BCUT2D eigenvalue weighted by molar-refractivity contribution is -0.141. The Hall–Kier alpha value is -2.60. The molecule has 0 spiro atoms. The number of rotatable bonds is 4. The Kier molecular flexibility index (Phi) is 6.05. The van der Waals surface area contributed by atoms with Crippen molar-refractivity contribution in [1.82, 2.24) is 14.8 Å². The number of hydrogen-bond donors (Lipinski definition) is 1. The summed E-state index contributed by atoms with van der Waals surface area (Å²) in [7, 11) is 0. The van der Waals surface area contributed by atoms with Gasteiger partial charge in [0.15, 0.2) is 0 Å². The molecule has 166 valence electrons. The fraction of sp³-hybridized carbons (Fsp3) is 0.385. The number of benzene rings is 2. The Morgan fingerprint density at radius 3 is 2.53 bits per heavy atom. The first-order valence-corrected chi connectivity index (χ1v) is 12.3. The van der Waals surface area contributed by atoms with Crippen molar-refractivity contribution in [2.45, 2.75) is 38.6 Å². The van der Waals surface area contributed by atoms with Gasteiger partial charge in [-0.25, -0.2) is 0 Å². The predicted octanol–water partition coefficient (Wildman–Crippen LogP) is 4.69. The molecule has 0 bridgehead atoms. The van der Waals surface area contributed by atoms with Gasteiger partial charge in [0, 0.05) is 66.1 Å². The number of nitrogens with one attached hydrogen (secondary N) is 1. The van der Waals surface area contributed by atoms with Crippen LogP contribution in [0.5, 0.6) is 0 Å². The average molecular weight is 494 g/mol. The lowest BCUT2D eigenvalue weighted by Crippen LogP contribution is -2.45. The Labute approximate surface area is 196 Å². The number of hydrogen-bond acceptors (Lipinski definition) is 2. The van der Waals surface area contributed by atoms with E-state index < -0.39 is 0 Å². The molecule has 0 saturated carbocycles. The van der Waals surface area contributed by atoms with Crippen molar-refractivity contribution in [1.29, 1.82) is 0 Å². The number of carbonyl (C=O) groups is 2. The monoisotopic (exact) mass is 493 g/mol. The number of halogens is 1. The minimum Gasteiger partial charge on any atom is -0.357 e. The summed E-state index contributed by atoms with van der Waals surface area (Å²) < 4.78 is 1.06. The summed E-state index contributed by atoms with van der Waals surface area (Å²) in [5.74, 6) is 0.467. The van der Waals surface area contributed by atoms with Crippen molar-refractivity contribution in [3.05, 3.63) is 69.8 Å². The largest absolute Gasteiger partial charge is 0.357 e. The fourth-order valence-corrected chi connectivity index (χ4v) is 5.54. The first kappa shape index (κ1) is 21.3. The van der Waals surface area contributed by atoms with Crippen LogP contribution < -0.4 is 0 Å². The molecule has 3 heterocycles. The molecule has 5 rings (SSSR count). The van der Waals surface area contributed by atoms with E-state index in [9.17, 15) is 9.59 Å². The molecule has 1 N–H and O–H groups in total. The topological polar surface area (TPSA) is 56.4 Å². The zero-order valence-electron chi connectivity index (χ0n) is 18.1. The van der Waals surface area contributed by atoms with Gasteiger partial charge in [-0.05, 0) is 46.8 Å². The van der Waals surface area contributed by atoms with Crippen LogP contribution in [-0.2, 0) is 29.0 Å². The van der Waals surface area contributed by atoms with Gasteiger partial charge in [-0.3, -0.25) is 9.59 Å². The van der Waals surface area contributed by atoms with Crippen molar-refractivity contribution in [3.63, 3.8) is 0 Å². The van der Waals surface area contributed by atoms with E-state index in [0.717, 1.165) is 42.2 Å². The average Bonchev–Trinajstić information content (AvgIpc) is 3.22. The van der Waals surface area contributed by atoms with Gasteiger partial charge in [-0.15, -0.1) is 0 Å². The number of fused-ring (bicyclic) bond motifs is 3. The van der Waals surface area contributed by atoms with Gasteiger partial charge >= 0.3 is 0 Å². The number of H-pyrrole nitrogens is 1. The first-order valence-electron chi connectivity index (χ1n) is 11.5. The zero-order chi connectivity index (χ0) is 22.1. The van der Waals surface area contributed by atoms with Crippen molar-refractivity contribution >= 4 is 38.6 Å². The molecule has 0 radical (unpaired) electrons. The van der Waals surface area contributed by atoms with Crippen molar-refractivity contribution in [2.24, 2.45) is 5.92 Å². The third kappa shape index (κ3) is 4.20. The molecular formula is C26H28BrN3O2. The van der Waals surface area contributed by atoms with Crippen LogP contribution >= 0.6 is 15.9 Å². The molecule has 6 heteroatoms. The van der Waals surface area contributed by atoms with Gasteiger partial charge in [0.05, 0.1) is 5.52 Å². The van der Waals surface area contributed by atoms with Crippen LogP contribution in [0.3, 0.4) is 0 Å². The van der Waals surface area contributed by atoms with Crippen LogP contribution in [0, 0.1) is 5.92 Å². The second-order valence-corrected chi connectivity index (χ2v) is 9.75. The van der Waals surface area contributed by atoms with E-state index in [1.54, 1.807) is 0 Å². The fourth-order valence-electron chi connectivity index (χ4n) is 5.08. The summed E-state index contributed by atoms with van der Waals surface area (Å²) in [5.41, 5.74) is 4.80. The number of aromatic amines is 1. The van der Waals surface area contributed by atoms with Crippen LogP contribution in [0.25, 0.3) is 10.9 Å². The Morgan fingerprint density at radius 2 is 1.75 bits per heavy atom. The highest BCUT2D eigenvalue weighted by Crippen LogP contribution is 2.33. The molecule has 1 saturated heterocycles. The standard InChI is InChI=1S/C26H28BrN3O2/c27-22-8-4-7-20-21-17-30(16-13-23(21)28-25(20)22)26(32)19-11-14-29(15-12-19)24(31)10-9-18-5-2-1-3-6-18/h1-8,19,28H,9-17H2. The maximum absolute atomic E-state index is 13.3. The normalized spacial score (nSPS) is 16.9. The van der Waals surface area contributed by atoms with E-state index in [-0.39, 0.29) is 17.7 Å². The SMILES string of the molecule is O=C(CCc1ccccc1)N1CCC(C(=O)N2CCc3[nH]c4c(Br)cccc4c3C2)CC1. The smallest absolute Gasteiger partial charge is 0.226 e. The second-order valence-electron chi connectivity index (χ2n) is 8.89. The van der Waals surface area contributed by atoms with E-state index in [0.29, 0.717) is 26.1 Å². The summed E-state index contributed by atoms with van der Waals surface area (Å²) >= 11 is 3.63. The van der Waals surface area contributed by atoms with Gasteiger partial charge < -0.3 is 14.8 Å². The lowest BCUT2D eigenvalue weighted by atomic mass is 9.93. The number of amides is 2. The Balaban J connectivity index is 1.17. The van der Waals surface area contributed by atoms with Gasteiger partial charge in [-0.2, -0.15) is 0 Å². The molecule has 32 heavy (non-hydrogen) atoms. The molecule has 1 aromatic heterocycles. The second kappa shape index (κ2) is 9.10. The Bertz CT molecular complexity index is 1130. The van der Waals surface area contributed by atoms with Crippen LogP contribution in [-0.4, -0.2) is 46.2 Å². The minimum atomic E-state index is 0.0201. The van der Waals surface area contributed by atoms with Crippen molar-refractivity contribution in [3.8, 4) is 0 Å². The maximum Gasteiger partial charge on any atom is 0.226 e. The van der Waals surface area contributed by atoms with Crippen molar-refractivity contribution in [2.75, 3.05) is 19.6 Å². The predicted molar refractivity (Wildman–Crippen MR) is 129 cm³/mol. The molecule has 3 aromatic rings. The third-order valence-electron chi connectivity index (χ3n) is 6.94. The molecule has 2 amide bonds. The number of likely N-dealkylation sites (tertiary alicyclic amines) is 1. The van der Waals surface area contributed by atoms with Gasteiger partial charge in [0.2, 0.25) is 11.8 Å². The molecule has 2 aliphatic rings. The number of aryl methyl sites for hydroxylation is 1. The van der Waals surface area contributed by atoms with Crippen LogP contribution in [0.1, 0.15) is 36.1 Å². The van der Waals surface area contributed by atoms with Crippen molar-refractivity contribution < 1.29 is 9.59 Å². The molecule has 2 aliphatic heterocycles. The van der Waals surface area contributed by atoms with Crippen LogP contribution in [0.15, 0.2) is 53.0 Å². The van der Waals surface area contributed by atoms with E-state index in [1.165, 1.54) is 22.2 Å². The minimum absolute atomic E-state index is 0.0201. The summed E-state index contributed by atoms with van der Waals surface area (Å²) in [5, 5.41) is 1.20. The summed E-state index contributed by atoms with van der Waals surface area (Å²) in [6.45, 7) is 2.79. The molecule has 0 atom stereocenters. The van der Waals surface area contributed by atoms with Gasteiger partial charge in [0.1, 0.15) is 0 Å². The van der Waals surface area contributed by atoms with E-state index in [4.69, 9.17) is 0 Å². The Morgan fingerprint density at radius 1 is 0.969 bits per heavy atom. The van der Waals surface area contributed by atoms with Gasteiger partial charge in [0.25, 0.3) is 0 Å². The molecule has 0 unspecified atom stereocenters. The molecular weight excluding hydrogens is 466 g/mol. The molecule has 5 nitrogen and oxygen atoms in total. The quantitative estimate of drug-likeness (QED) is 0.573. The summed E-state index contributed by atoms with van der Waals surface area (Å²) in [6.07, 6.45) is 3.69. The number of carbonyl (C=O) groups excluding carboxylic acids is 2. The summed E-state index contributed by atoms with van der Waals surface area (Å²) in [6, 6.07) is 16.4. The molecule has 1 fully saturated rings. The van der Waals surface area contributed by atoms with Gasteiger partial charge in [-0.1, -0.05) is 42.5 Å². The van der Waals surface area contributed by atoms with E-state index >= 15 is 0 Å². The highest BCUT2D eigenvalue weighted by molar-refractivity contribution is 9.10. The van der Waals surface area contributed by atoms with E-state index in [2.05, 4.69) is 39.1 Å².